The number of methoxy groups -OCH3 is 1. The van der Waals surface area contributed by atoms with E-state index < -0.39 is 21.9 Å². The molecular formula is C23H22N2O6S. The van der Waals surface area contributed by atoms with E-state index in [1.807, 2.05) is 30.3 Å². The minimum Gasteiger partial charge on any atom is -0.497 e. The van der Waals surface area contributed by atoms with Crippen LogP contribution in [-0.4, -0.2) is 33.9 Å². The van der Waals surface area contributed by atoms with Crippen LogP contribution in [0.25, 0.3) is 0 Å². The lowest BCUT2D eigenvalue weighted by atomic mass is 10.2. The maximum absolute atomic E-state index is 12.7. The van der Waals surface area contributed by atoms with E-state index in [9.17, 15) is 18.0 Å². The van der Waals surface area contributed by atoms with Gasteiger partial charge in [-0.05, 0) is 48.0 Å². The summed E-state index contributed by atoms with van der Waals surface area (Å²) in [6, 6.07) is 21.0. The van der Waals surface area contributed by atoms with Gasteiger partial charge in [0.2, 0.25) is 0 Å². The van der Waals surface area contributed by atoms with Crippen molar-refractivity contribution >= 4 is 27.6 Å². The predicted molar refractivity (Wildman–Crippen MR) is 119 cm³/mol. The third-order valence-electron chi connectivity index (χ3n) is 4.38. The standard InChI is InChI=1S/C23H22N2O6S/c1-30-20-12-10-19(11-13-20)25-32(28,29)21-9-5-8-18(14-21)23(27)24-15-22(26)31-16-17-6-3-2-4-7-17/h2-14,25H,15-16H2,1H3,(H,24,27). The summed E-state index contributed by atoms with van der Waals surface area (Å²) in [6.45, 7) is -0.243. The lowest BCUT2D eigenvalue weighted by Crippen LogP contribution is -2.30. The third kappa shape index (κ3) is 6.32. The fourth-order valence-electron chi connectivity index (χ4n) is 2.72. The number of amides is 1. The number of nitrogens with one attached hydrogen (secondary N) is 2. The first kappa shape index (κ1) is 22.8. The van der Waals surface area contributed by atoms with E-state index in [0.29, 0.717) is 11.4 Å². The first-order chi connectivity index (χ1) is 15.4. The van der Waals surface area contributed by atoms with Gasteiger partial charge in [0.05, 0.1) is 12.0 Å². The van der Waals surface area contributed by atoms with Crippen LogP contribution in [0.15, 0.2) is 83.8 Å². The summed E-state index contributed by atoms with van der Waals surface area (Å²) >= 11 is 0. The fraction of sp³-hybridized carbons (Fsp3) is 0.130. The first-order valence-corrected chi connectivity index (χ1v) is 11.1. The molecule has 8 nitrogen and oxygen atoms in total. The lowest BCUT2D eigenvalue weighted by molar-refractivity contribution is -0.143. The molecule has 0 aliphatic rings. The maximum Gasteiger partial charge on any atom is 0.325 e. The van der Waals surface area contributed by atoms with E-state index in [-0.39, 0.29) is 23.6 Å². The highest BCUT2D eigenvalue weighted by atomic mass is 32.2. The van der Waals surface area contributed by atoms with E-state index in [0.717, 1.165) is 5.56 Å². The Hall–Kier alpha value is -3.85. The second kappa shape index (κ2) is 10.5. The van der Waals surface area contributed by atoms with Crippen molar-refractivity contribution in [3.05, 3.63) is 90.0 Å². The molecule has 3 rings (SSSR count). The number of rotatable bonds is 9. The molecule has 0 spiro atoms. The zero-order valence-electron chi connectivity index (χ0n) is 17.3. The largest absolute Gasteiger partial charge is 0.497 e. The highest BCUT2D eigenvalue weighted by molar-refractivity contribution is 7.92. The molecule has 0 atom stereocenters. The van der Waals surface area contributed by atoms with Crippen molar-refractivity contribution in [1.29, 1.82) is 0 Å². The van der Waals surface area contributed by atoms with Crippen LogP contribution in [-0.2, 0) is 26.2 Å². The molecular weight excluding hydrogens is 432 g/mol. The molecule has 0 unspecified atom stereocenters. The molecule has 0 aliphatic carbocycles. The number of carbonyl (C=O) groups excluding carboxylic acids is 2. The Morgan fingerprint density at radius 3 is 2.31 bits per heavy atom. The summed E-state index contributed by atoms with van der Waals surface area (Å²) in [4.78, 5) is 24.2. The quantitative estimate of drug-likeness (QED) is 0.481. The number of benzene rings is 3. The molecule has 0 radical (unpaired) electrons. The molecule has 0 fully saturated rings. The van der Waals surface area contributed by atoms with Crippen LogP contribution in [0.1, 0.15) is 15.9 Å². The Bertz CT molecular complexity index is 1180. The van der Waals surface area contributed by atoms with Gasteiger partial charge in [0, 0.05) is 11.3 Å². The number of hydrogen-bond acceptors (Lipinski definition) is 6. The molecule has 0 aromatic heterocycles. The van der Waals surface area contributed by atoms with Crippen LogP contribution in [0.2, 0.25) is 0 Å². The van der Waals surface area contributed by atoms with E-state index in [2.05, 4.69) is 10.0 Å². The Morgan fingerprint density at radius 1 is 0.906 bits per heavy atom. The summed E-state index contributed by atoms with van der Waals surface area (Å²) < 4.78 is 37.9. The van der Waals surface area contributed by atoms with Crippen LogP contribution in [0.4, 0.5) is 5.69 Å². The van der Waals surface area contributed by atoms with Crippen LogP contribution >= 0.6 is 0 Å². The van der Waals surface area contributed by atoms with Gasteiger partial charge < -0.3 is 14.8 Å². The molecule has 2 N–H and O–H groups in total. The second-order valence-electron chi connectivity index (χ2n) is 6.69. The van der Waals surface area contributed by atoms with Crippen molar-refractivity contribution in [2.45, 2.75) is 11.5 Å². The average Bonchev–Trinajstić information content (AvgIpc) is 2.82. The van der Waals surface area contributed by atoms with E-state index in [1.165, 1.54) is 31.4 Å². The highest BCUT2D eigenvalue weighted by Crippen LogP contribution is 2.20. The van der Waals surface area contributed by atoms with Crippen LogP contribution in [0.3, 0.4) is 0 Å². The molecule has 3 aromatic carbocycles. The van der Waals surface area contributed by atoms with Gasteiger partial charge in [-0.25, -0.2) is 8.42 Å². The second-order valence-corrected chi connectivity index (χ2v) is 8.37. The van der Waals surface area contributed by atoms with Crippen LogP contribution in [0.5, 0.6) is 5.75 Å². The van der Waals surface area contributed by atoms with Gasteiger partial charge in [-0.2, -0.15) is 0 Å². The smallest absolute Gasteiger partial charge is 0.325 e. The molecule has 0 aliphatic heterocycles. The van der Waals surface area contributed by atoms with Gasteiger partial charge in [0.1, 0.15) is 18.9 Å². The van der Waals surface area contributed by atoms with E-state index in [1.54, 1.807) is 24.3 Å². The molecule has 9 heteroatoms. The monoisotopic (exact) mass is 454 g/mol. The van der Waals surface area contributed by atoms with Crippen LogP contribution in [0, 0.1) is 0 Å². The Morgan fingerprint density at radius 2 is 1.62 bits per heavy atom. The average molecular weight is 455 g/mol. The molecule has 0 bridgehead atoms. The van der Waals surface area contributed by atoms with Crippen molar-refractivity contribution in [3.8, 4) is 5.75 Å². The molecule has 32 heavy (non-hydrogen) atoms. The first-order valence-electron chi connectivity index (χ1n) is 9.62. The molecule has 0 heterocycles. The minimum absolute atomic E-state index is 0.0902. The van der Waals surface area contributed by atoms with Crippen molar-refractivity contribution in [1.82, 2.24) is 5.32 Å². The normalized spacial score (nSPS) is 10.8. The van der Waals surface area contributed by atoms with Gasteiger partial charge in [-0.15, -0.1) is 0 Å². The number of esters is 1. The highest BCUT2D eigenvalue weighted by Gasteiger charge is 2.17. The number of carbonyl (C=O) groups is 2. The zero-order chi connectivity index (χ0) is 23.0. The Labute approximate surface area is 186 Å². The summed E-state index contributed by atoms with van der Waals surface area (Å²) in [5.74, 6) is -0.607. The molecule has 0 saturated heterocycles. The third-order valence-corrected chi connectivity index (χ3v) is 5.76. The number of anilines is 1. The summed E-state index contributed by atoms with van der Waals surface area (Å²) in [5, 5.41) is 2.43. The molecule has 166 valence electrons. The Kier molecular flexibility index (Phi) is 7.45. The molecule has 1 amide bonds. The minimum atomic E-state index is -3.92. The molecule has 3 aromatic rings. The van der Waals surface area contributed by atoms with Crippen molar-refractivity contribution in [2.75, 3.05) is 18.4 Å². The summed E-state index contributed by atoms with van der Waals surface area (Å²) in [5.41, 5.74) is 1.27. The van der Waals surface area contributed by atoms with Gasteiger partial charge in [0.25, 0.3) is 15.9 Å². The number of sulfonamides is 1. The van der Waals surface area contributed by atoms with E-state index in [4.69, 9.17) is 9.47 Å². The number of hydrogen-bond donors (Lipinski definition) is 2. The lowest BCUT2D eigenvalue weighted by Gasteiger charge is -2.10. The van der Waals surface area contributed by atoms with E-state index >= 15 is 0 Å². The van der Waals surface area contributed by atoms with Gasteiger partial charge in [-0.3, -0.25) is 14.3 Å². The molecule has 0 saturated carbocycles. The maximum atomic E-state index is 12.7. The Balaban J connectivity index is 1.59. The topological polar surface area (TPSA) is 111 Å². The van der Waals surface area contributed by atoms with Gasteiger partial charge >= 0.3 is 5.97 Å². The zero-order valence-corrected chi connectivity index (χ0v) is 18.1. The summed E-state index contributed by atoms with van der Waals surface area (Å²) in [7, 11) is -2.41. The number of ether oxygens (including phenoxy) is 2. The van der Waals surface area contributed by atoms with Gasteiger partial charge in [-0.1, -0.05) is 36.4 Å². The SMILES string of the molecule is COc1ccc(NS(=O)(=O)c2cccc(C(=O)NCC(=O)OCc3ccccc3)c2)cc1. The summed E-state index contributed by atoms with van der Waals surface area (Å²) in [6.07, 6.45) is 0. The van der Waals surface area contributed by atoms with Crippen molar-refractivity contribution < 1.29 is 27.5 Å². The van der Waals surface area contributed by atoms with Gasteiger partial charge in [0.15, 0.2) is 0 Å². The van der Waals surface area contributed by atoms with Crippen molar-refractivity contribution in [3.63, 3.8) is 0 Å². The van der Waals surface area contributed by atoms with Crippen LogP contribution < -0.4 is 14.8 Å². The van der Waals surface area contributed by atoms with Crippen molar-refractivity contribution in [2.24, 2.45) is 0 Å². The predicted octanol–water partition coefficient (Wildman–Crippen LogP) is 2.97. The fourth-order valence-corrected chi connectivity index (χ4v) is 3.83.